The van der Waals surface area contributed by atoms with Crippen molar-refractivity contribution < 1.29 is 22.9 Å². The van der Waals surface area contributed by atoms with Gasteiger partial charge in [-0.3, -0.25) is 18.4 Å². The number of rotatable bonds is 8. The van der Waals surface area contributed by atoms with Crippen LogP contribution in [-0.2, 0) is 22.9 Å². The van der Waals surface area contributed by atoms with Crippen molar-refractivity contribution in [2.24, 2.45) is 11.8 Å². The molecule has 0 saturated heterocycles. The van der Waals surface area contributed by atoms with Gasteiger partial charge in [-0.1, -0.05) is 39.0 Å². The van der Waals surface area contributed by atoms with Crippen molar-refractivity contribution in [1.82, 2.24) is 0 Å². The van der Waals surface area contributed by atoms with Gasteiger partial charge in [0.15, 0.2) is 10.8 Å². The maximum atomic E-state index is 12.2. The first-order chi connectivity index (χ1) is 9.41. The molecule has 2 atom stereocenters. The van der Waals surface area contributed by atoms with Gasteiger partial charge in [0.25, 0.3) is 0 Å². The van der Waals surface area contributed by atoms with Gasteiger partial charge in [0.05, 0.1) is 0 Å². The second kappa shape index (κ2) is 8.64. The SMILES string of the molecule is COP(=O)(OC)OC(Br)C(=O)[C@H](C)CC1CCCCC1. The topological polar surface area (TPSA) is 61.8 Å². The van der Waals surface area contributed by atoms with E-state index in [4.69, 9.17) is 4.52 Å². The molecule has 1 unspecified atom stereocenters. The molecule has 0 bridgehead atoms. The monoisotopic (exact) mass is 370 g/mol. The van der Waals surface area contributed by atoms with Gasteiger partial charge in [-0.05, 0) is 28.3 Å². The molecule has 20 heavy (non-hydrogen) atoms. The lowest BCUT2D eigenvalue weighted by atomic mass is 9.82. The van der Waals surface area contributed by atoms with E-state index < -0.39 is 12.8 Å². The summed E-state index contributed by atoms with van der Waals surface area (Å²) in [5.41, 5.74) is 0. The number of alkyl halides is 1. The maximum absolute atomic E-state index is 12.2. The van der Waals surface area contributed by atoms with Crippen molar-refractivity contribution in [3.05, 3.63) is 0 Å². The van der Waals surface area contributed by atoms with E-state index in [0.717, 1.165) is 6.42 Å². The molecule has 0 aliphatic heterocycles. The van der Waals surface area contributed by atoms with E-state index in [2.05, 4.69) is 25.0 Å². The van der Waals surface area contributed by atoms with Gasteiger partial charge in [0.1, 0.15) is 0 Å². The summed E-state index contributed by atoms with van der Waals surface area (Å²) >= 11 is 3.12. The Morgan fingerprint density at radius 1 is 1.25 bits per heavy atom. The molecular weight excluding hydrogens is 347 g/mol. The summed E-state index contributed by atoms with van der Waals surface area (Å²) in [6, 6.07) is 0. The van der Waals surface area contributed by atoms with Gasteiger partial charge >= 0.3 is 7.82 Å². The number of carbonyl (C=O) groups is 1. The Hall–Kier alpha value is 0.260. The highest BCUT2D eigenvalue weighted by molar-refractivity contribution is 9.09. The zero-order valence-corrected chi connectivity index (χ0v) is 14.8. The Balaban J connectivity index is 2.48. The molecular formula is C13H24BrO5P. The minimum absolute atomic E-state index is 0.120. The minimum atomic E-state index is -3.64. The van der Waals surface area contributed by atoms with Crippen LogP contribution in [0.25, 0.3) is 0 Å². The van der Waals surface area contributed by atoms with Crippen molar-refractivity contribution in [2.75, 3.05) is 14.2 Å². The molecule has 0 aromatic heterocycles. The van der Waals surface area contributed by atoms with Crippen molar-refractivity contribution in [2.45, 2.75) is 50.5 Å². The number of hydrogen-bond donors (Lipinski definition) is 0. The number of Topliss-reactive ketones (excluding diaryl/α,β-unsaturated/α-hetero) is 1. The molecule has 1 fully saturated rings. The Morgan fingerprint density at radius 2 is 1.80 bits per heavy atom. The van der Waals surface area contributed by atoms with Crippen LogP contribution in [0.3, 0.4) is 0 Å². The molecule has 0 spiro atoms. The summed E-state index contributed by atoms with van der Waals surface area (Å²) in [5.74, 6) is 0.355. The zero-order chi connectivity index (χ0) is 15.2. The van der Waals surface area contributed by atoms with Gasteiger partial charge in [0, 0.05) is 20.1 Å². The third-order valence-corrected chi connectivity index (χ3v) is 6.08. The number of hydrogen-bond acceptors (Lipinski definition) is 5. The standard InChI is InChI=1S/C13H24BrO5P/c1-10(9-11-7-5-4-6-8-11)12(15)13(14)19-20(16,17-2)18-3/h10-11,13H,4-9H2,1-3H3/t10-,13?/m1/s1. The Morgan fingerprint density at radius 3 is 2.30 bits per heavy atom. The first-order valence-corrected chi connectivity index (χ1v) is 9.37. The lowest BCUT2D eigenvalue weighted by Gasteiger charge is -2.25. The van der Waals surface area contributed by atoms with Gasteiger partial charge in [0.2, 0.25) is 0 Å². The first-order valence-electron chi connectivity index (χ1n) is 6.99. The van der Waals surface area contributed by atoms with Crippen LogP contribution < -0.4 is 0 Å². The summed E-state index contributed by atoms with van der Waals surface area (Å²) in [6.07, 6.45) is 7.05. The second-order valence-electron chi connectivity index (χ2n) is 5.28. The Labute approximate surface area is 129 Å². The van der Waals surface area contributed by atoms with E-state index in [-0.39, 0.29) is 11.7 Å². The predicted molar refractivity (Wildman–Crippen MR) is 80.8 cm³/mol. The second-order valence-corrected chi connectivity index (χ2v) is 7.94. The fraction of sp³-hybridized carbons (Fsp3) is 0.923. The summed E-state index contributed by atoms with van der Waals surface area (Å²) in [4.78, 5) is 12.2. The largest absolute Gasteiger partial charge is 0.475 e. The molecule has 5 nitrogen and oxygen atoms in total. The minimum Gasteiger partial charge on any atom is -0.295 e. The molecule has 1 aliphatic rings. The number of ketones is 1. The van der Waals surface area contributed by atoms with E-state index in [1.54, 1.807) is 0 Å². The van der Waals surface area contributed by atoms with Crippen LogP contribution in [-0.4, -0.2) is 25.0 Å². The molecule has 0 amide bonds. The molecule has 0 aromatic rings. The van der Waals surface area contributed by atoms with Crippen molar-refractivity contribution in [3.63, 3.8) is 0 Å². The summed E-state index contributed by atoms with van der Waals surface area (Å²) in [7, 11) is -1.20. The quantitative estimate of drug-likeness (QED) is 0.470. The molecule has 1 aliphatic carbocycles. The Bertz CT molecular complexity index is 349. The predicted octanol–water partition coefficient (Wildman–Crippen LogP) is 4.30. The van der Waals surface area contributed by atoms with E-state index in [0.29, 0.717) is 5.92 Å². The lowest BCUT2D eigenvalue weighted by molar-refractivity contribution is -0.126. The summed E-state index contributed by atoms with van der Waals surface area (Å²) in [5, 5.41) is -0.966. The van der Waals surface area contributed by atoms with Crippen LogP contribution in [0.2, 0.25) is 0 Å². The van der Waals surface area contributed by atoms with Crippen LogP contribution in [0.1, 0.15) is 45.4 Å². The van der Waals surface area contributed by atoms with E-state index >= 15 is 0 Å². The fourth-order valence-corrected chi connectivity index (χ4v) is 4.31. The smallest absolute Gasteiger partial charge is 0.295 e. The molecule has 7 heteroatoms. The lowest BCUT2D eigenvalue weighted by Crippen LogP contribution is -2.26. The van der Waals surface area contributed by atoms with Gasteiger partial charge < -0.3 is 0 Å². The van der Waals surface area contributed by atoms with Crippen molar-refractivity contribution in [1.29, 1.82) is 0 Å². The number of halogens is 1. The fourth-order valence-electron chi connectivity index (χ4n) is 2.59. The van der Waals surface area contributed by atoms with E-state index in [9.17, 15) is 9.36 Å². The van der Waals surface area contributed by atoms with Crippen molar-refractivity contribution >= 4 is 29.5 Å². The Kier molecular flexibility index (Phi) is 7.91. The highest BCUT2D eigenvalue weighted by atomic mass is 79.9. The molecule has 1 saturated carbocycles. The third-order valence-electron chi connectivity index (χ3n) is 3.79. The van der Waals surface area contributed by atoms with Crippen molar-refractivity contribution in [3.8, 4) is 0 Å². The molecule has 118 valence electrons. The van der Waals surface area contributed by atoms with E-state index in [1.807, 2.05) is 6.92 Å². The van der Waals surface area contributed by atoms with Gasteiger partial charge in [-0.2, -0.15) is 0 Å². The highest BCUT2D eigenvalue weighted by Gasteiger charge is 2.33. The average Bonchev–Trinajstić information content (AvgIpc) is 2.47. The molecule has 0 radical (unpaired) electrons. The molecule has 0 heterocycles. The molecule has 1 rings (SSSR count). The third kappa shape index (κ3) is 5.57. The van der Waals surface area contributed by atoms with Crippen LogP contribution >= 0.6 is 23.8 Å². The van der Waals surface area contributed by atoms with Gasteiger partial charge in [-0.15, -0.1) is 0 Å². The number of phosphoric acid groups is 1. The van der Waals surface area contributed by atoms with Gasteiger partial charge in [-0.25, -0.2) is 4.57 Å². The van der Waals surface area contributed by atoms with Crippen LogP contribution in [0.15, 0.2) is 0 Å². The zero-order valence-electron chi connectivity index (χ0n) is 12.3. The summed E-state index contributed by atoms with van der Waals surface area (Å²) in [6.45, 7) is 1.89. The molecule has 0 N–H and O–H groups in total. The average molecular weight is 371 g/mol. The normalized spacial score (nSPS) is 20.6. The van der Waals surface area contributed by atoms with Crippen LogP contribution in [0.5, 0.6) is 0 Å². The van der Waals surface area contributed by atoms with Crippen LogP contribution in [0.4, 0.5) is 0 Å². The van der Waals surface area contributed by atoms with E-state index in [1.165, 1.54) is 46.3 Å². The molecule has 0 aromatic carbocycles. The maximum Gasteiger partial charge on any atom is 0.475 e. The highest BCUT2D eigenvalue weighted by Crippen LogP contribution is 2.50. The van der Waals surface area contributed by atoms with Crippen LogP contribution in [0, 0.1) is 11.8 Å². The first kappa shape index (κ1) is 18.3. The number of phosphoric ester groups is 1. The number of carbonyl (C=O) groups excluding carboxylic acids is 1. The summed E-state index contributed by atoms with van der Waals surface area (Å²) < 4.78 is 26.2.